The van der Waals surface area contributed by atoms with Crippen molar-refractivity contribution in [1.82, 2.24) is 4.90 Å². The maximum atomic E-state index is 14.1. The molecule has 1 saturated carbocycles. The predicted molar refractivity (Wildman–Crippen MR) is 126 cm³/mol. The van der Waals surface area contributed by atoms with Crippen molar-refractivity contribution in [2.75, 3.05) is 36.0 Å². The molecule has 2 amide bonds. The van der Waals surface area contributed by atoms with Crippen molar-refractivity contribution in [2.24, 2.45) is 5.41 Å². The molecule has 1 aromatic carbocycles. The van der Waals surface area contributed by atoms with Gasteiger partial charge >= 0.3 is 12.3 Å². The molecule has 35 heavy (non-hydrogen) atoms. The highest BCUT2D eigenvalue weighted by molar-refractivity contribution is 5.88. The number of carbonyl (C=O) groups is 2. The number of carboxylic acid groups (broad SMARTS) is 1. The summed E-state index contributed by atoms with van der Waals surface area (Å²) in [5.74, 6) is 0.0220. The summed E-state index contributed by atoms with van der Waals surface area (Å²) in [6.07, 6.45) is -1.09. The monoisotopic (exact) mass is 497 g/mol. The van der Waals surface area contributed by atoms with Crippen molar-refractivity contribution >= 4 is 23.4 Å². The van der Waals surface area contributed by atoms with Gasteiger partial charge in [0.15, 0.2) is 0 Å². The Balaban J connectivity index is 1.59. The third-order valence-corrected chi connectivity index (χ3v) is 7.85. The predicted octanol–water partition coefficient (Wildman–Crippen LogP) is 4.72. The lowest BCUT2D eigenvalue weighted by atomic mass is 9.78. The smallest absolute Gasteiger partial charge is 0.418 e. The van der Waals surface area contributed by atoms with Crippen molar-refractivity contribution < 1.29 is 33.0 Å². The summed E-state index contributed by atoms with van der Waals surface area (Å²) in [5.41, 5.74) is -1.59. The molecule has 1 spiro atoms. The van der Waals surface area contributed by atoms with Gasteiger partial charge in [0.2, 0.25) is 5.91 Å². The SMILES string of the molecule is CCCN(C(=O)O)c1ccc(N2CCC[C@]3(CCN([C@H]4CC[C@H](O)CC4)C3=O)C2)c(C(F)(F)F)c1. The molecule has 2 aliphatic heterocycles. The highest BCUT2D eigenvalue weighted by Gasteiger charge is 2.51. The quantitative estimate of drug-likeness (QED) is 0.615. The summed E-state index contributed by atoms with van der Waals surface area (Å²) in [7, 11) is 0. The Morgan fingerprint density at radius 3 is 2.51 bits per heavy atom. The van der Waals surface area contributed by atoms with Crippen LogP contribution in [0.1, 0.15) is 63.9 Å². The number of piperidine rings is 1. The Morgan fingerprint density at radius 1 is 1.17 bits per heavy atom. The van der Waals surface area contributed by atoms with Gasteiger partial charge in [-0.2, -0.15) is 13.2 Å². The number of anilines is 2. The van der Waals surface area contributed by atoms with E-state index in [9.17, 15) is 33.0 Å². The Hall–Kier alpha value is -2.49. The third kappa shape index (κ3) is 5.08. The van der Waals surface area contributed by atoms with E-state index in [-0.39, 0.29) is 42.5 Å². The van der Waals surface area contributed by atoms with E-state index in [1.165, 1.54) is 12.1 Å². The van der Waals surface area contributed by atoms with Gasteiger partial charge in [-0.15, -0.1) is 0 Å². The first-order valence-corrected chi connectivity index (χ1v) is 12.5. The molecule has 0 radical (unpaired) electrons. The van der Waals surface area contributed by atoms with Crippen molar-refractivity contribution in [3.05, 3.63) is 23.8 Å². The zero-order valence-corrected chi connectivity index (χ0v) is 20.1. The van der Waals surface area contributed by atoms with Crippen LogP contribution in [0.2, 0.25) is 0 Å². The molecule has 2 N–H and O–H groups in total. The van der Waals surface area contributed by atoms with Gasteiger partial charge in [-0.05, 0) is 69.6 Å². The molecular weight excluding hydrogens is 463 g/mol. The molecule has 3 fully saturated rings. The Morgan fingerprint density at radius 2 is 1.89 bits per heavy atom. The average Bonchev–Trinajstić information content (AvgIpc) is 3.12. The number of hydrogen-bond donors (Lipinski definition) is 2. The third-order valence-electron chi connectivity index (χ3n) is 7.85. The van der Waals surface area contributed by atoms with Crippen molar-refractivity contribution in [2.45, 2.75) is 76.6 Å². The lowest BCUT2D eigenvalue weighted by Gasteiger charge is -2.42. The summed E-state index contributed by atoms with van der Waals surface area (Å²) in [6, 6.07) is 3.77. The molecule has 1 aliphatic carbocycles. The molecule has 1 aromatic rings. The van der Waals surface area contributed by atoms with E-state index in [4.69, 9.17) is 0 Å². The number of benzene rings is 1. The van der Waals surface area contributed by atoms with Crippen molar-refractivity contribution in [1.29, 1.82) is 0 Å². The van der Waals surface area contributed by atoms with Crippen LogP contribution in [0, 0.1) is 5.41 Å². The number of halogens is 3. The van der Waals surface area contributed by atoms with E-state index in [0.29, 0.717) is 51.6 Å². The summed E-state index contributed by atoms with van der Waals surface area (Å²) >= 11 is 0. The first-order chi connectivity index (χ1) is 16.6. The summed E-state index contributed by atoms with van der Waals surface area (Å²) in [6.45, 7) is 3.09. The number of aliphatic hydroxyl groups excluding tert-OH is 1. The molecule has 1 atom stereocenters. The zero-order chi connectivity index (χ0) is 25.4. The zero-order valence-electron chi connectivity index (χ0n) is 20.1. The van der Waals surface area contributed by atoms with E-state index in [0.717, 1.165) is 23.8 Å². The number of aliphatic hydroxyl groups is 1. The van der Waals surface area contributed by atoms with Crippen LogP contribution in [0.15, 0.2) is 18.2 Å². The second kappa shape index (κ2) is 9.87. The number of likely N-dealkylation sites (tertiary alicyclic amines) is 1. The van der Waals surface area contributed by atoms with Crippen LogP contribution >= 0.6 is 0 Å². The van der Waals surface area contributed by atoms with Gasteiger partial charge < -0.3 is 20.0 Å². The number of amides is 2. The van der Waals surface area contributed by atoms with Gasteiger partial charge in [-0.1, -0.05) is 6.92 Å². The van der Waals surface area contributed by atoms with Gasteiger partial charge in [0, 0.05) is 43.6 Å². The van der Waals surface area contributed by atoms with Gasteiger partial charge in [0.25, 0.3) is 0 Å². The van der Waals surface area contributed by atoms with E-state index in [1.54, 1.807) is 11.8 Å². The molecule has 7 nitrogen and oxygen atoms in total. The molecule has 0 bridgehead atoms. The number of carbonyl (C=O) groups excluding carboxylic acids is 1. The van der Waals surface area contributed by atoms with Crippen LogP contribution in [0.4, 0.5) is 29.3 Å². The van der Waals surface area contributed by atoms with E-state index >= 15 is 0 Å². The molecule has 10 heteroatoms. The van der Waals surface area contributed by atoms with Crippen molar-refractivity contribution in [3.63, 3.8) is 0 Å². The highest BCUT2D eigenvalue weighted by Crippen LogP contribution is 2.46. The lowest BCUT2D eigenvalue weighted by Crippen LogP contribution is -2.50. The standard InChI is InChI=1S/C25H34F3N3O4/c1-2-12-31(23(34)35)18-6-9-21(20(15-18)25(26,27)28)29-13-3-10-24(16-29)11-14-30(22(24)33)17-4-7-19(32)8-5-17/h6,9,15,17,19,32H,2-5,7-8,10-14,16H2,1H3,(H,34,35)/t17-,19-,24-/m0/s1. The Bertz CT molecular complexity index is 948. The summed E-state index contributed by atoms with van der Waals surface area (Å²) < 4.78 is 42.4. The molecule has 4 rings (SSSR count). The second-order valence-electron chi connectivity index (χ2n) is 10.1. The number of rotatable bonds is 5. The van der Waals surface area contributed by atoms with Crippen LogP contribution in [-0.2, 0) is 11.0 Å². The molecule has 2 heterocycles. The van der Waals surface area contributed by atoms with Gasteiger partial charge in [-0.3, -0.25) is 9.69 Å². The van der Waals surface area contributed by atoms with E-state index < -0.39 is 23.2 Å². The van der Waals surface area contributed by atoms with E-state index in [2.05, 4.69) is 0 Å². The minimum atomic E-state index is -4.67. The van der Waals surface area contributed by atoms with Gasteiger partial charge in [0.05, 0.1) is 17.1 Å². The van der Waals surface area contributed by atoms with Crippen LogP contribution in [-0.4, -0.2) is 65.4 Å². The van der Waals surface area contributed by atoms with E-state index in [1.807, 2.05) is 4.90 Å². The molecule has 0 aromatic heterocycles. The lowest BCUT2D eigenvalue weighted by molar-refractivity contribution is -0.139. The van der Waals surface area contributed by atoms with Crippen LogP contribution in [0.25, 0.3) is 0 Å². The largest absolute Gasteiger partial charge is 0.465 e. The van der Waals surface area contributed by atoms with Crippen LogP contribution < -0.4 is 9.80 Å². The summed E-state index contributed by atoms with van der Waals surface area (Å²) in [4.78, 5) is 29.6. The fraction of sp³-hybridized carbons (Fsp3) is 0.680. The van der Waals surface area contributed by atoms with Gasteiger partial charge in [-0.25, -0.2) is 4.79 Å². The first-order valence-electron chi connectivity index (χ1n) is 12.5. The van der Waals surface area contributed by atoms with Gasteiger partial charge in [0.1, 0.15) is 0 Å². The minimum Gasteiger partial charge on any atom is -0.465 e. The highest BCUT2D eigenvalue weighted by atomic mass is 19.4. The Kier molecular flexibility index (Phi) is 7.22. The minimum absolute atomic E-state index is 0.00537. The fourth-order valence-electron chi connectivity index (χ4n) is 6.04. The second-order valence-corrected chi connectivity index (χ2v) is 10.1. The normalized spacial score (nSPS) is 27.5. The molecule has 194 valence electrons. The molecule has 0 unspecified atom stereocenters. The maximum Gasteiger partial charge on any atom is 0.418 e. The summed E-state index contributed by atoms with van der Waals surface area (Å²) in [5, 5.41) is 19.3. The molecule has 2 saturated heterocycles. The average molecular weight is 498 g/mol. The molecule has 3 aliphatic rings. The van der Waals surface area contributed by atoms with Crippen LogP contribution in [0.3, 0.4) is 0 Å². The van der Waals surface area contributed by atoms with Crippen LogP contribution in [0.5, 0.6) is 0 Å². The fourth-order valence-corrected chi connectivity index (χ4v) is 6.04. The Labute approximate surface area is 203 Å². The molecular formula is C25H34F3N3O4. The van der Waals surface area contributed by atoms with Crippen molar-refractivity contribution in [3.8, 4) is 0 Å². The number of hydrogen-bond acceptors (Lipinski definition) is 4. The number of alkyl halides is 3. The first kappa shape index (κ1) is 25.6. The topological polar surface area (TPSA) is 84.3 Å². The maximum absolute atomic E-state index is 14.1. The number of nitrogens with zero attached hydrogens (tertiary/aromatic N) is 3.